The monoisotopic (exact) mass is 251 g/mol. The molecule has 1 aromatic carbocycles. The first kappa shape index (κ1) is 12.6. The minimum Gasteiger partial charge on any atom is -0.478 e. The van der Waals surface area contributed by atoms with Crippen LogP contribution in [0.1, 0.15) is 11.5 Å². The van der Waals surface area contributed by atoms with Crippen LogP contribution in [0, 0.1) is 0 Å². The number of hydrogen-bond acceptors (Lipinski definition) is 3. The lowest BCUT2D eigenvalue weighted by Gasteiger charge is -2.32. The number of methoxy groups -OCH3 is 1. The van der Waals surface area contributed by atoms with Crippen LogP contribution in [-0.4, -0.2) is 31.8 Å². The first-order valence-electron chi connectivity index (χ1n) is 5.52. The molecule has 0 saturated heterocycles. The van der Waals surface area contributed by atoms with Gasteiger partial charge in [-0.15, -0.1) is 0 Å². The van der Waals surface area contributed by atoms with E-state index in [-0.39, 0.29) is 12.2 Å². The molecule has 0 aliphatic carbocycles. The van der Waals surface area contributed by atoms with Crippen molar-refractivity contribution >= 4 is 11.7 Å². The molecule has 2 rings (SSSR count). The molecule has 0 fully saturated rings. The van der Waals surface area contributed by atoms with E-state index in [1.54, 1.807) is 24.3 Å². The van der Waals surface area contributed by atoms with Crippen LogP contribution in [0.25, 0.3) is 0 Å². The van der Waals surface area contributed by atoms with Gasteiger partial charge in [0.1, 0.15) is 0 Å². The molecule has 0 aromatic heterocycles. The molecule has 1 N–H and O–H groups in total. The summed E-state index contributed by atoms with van der Waals surface area (Å²) in [5, 5.41) is 9.17. The Hall–Kier alpha value is -1.88. The molecule has 0 amide bonds. The smallest absolute Gasteiger partial charge is 0.336 e. The molecule has 18 heavy (non-hydrogen) atoms. The van der Waals surface area contributed by atoms with E-state index in [2.05, 4.69) is 0 Å². The standard InChI is InChI=1S/C13H14FNO3/c1-15-10-6-4-3-5-8(10)9(7-18-2)11(12(15)14)13(16)17/h3-6,9H,7H2,1-2H3,(H,16,17). The van der Waals surface area contributed by atoms with Crippen LogP contribution in [0.3, 0.4) is 0 Å². The number of ether oxygens (including phenoxy) is 1. The van der Waals surface area contributed by atoms with Gasteiger partial charge in [0, 0.05) is 25.8 Å². The number of benzene rings is 1. The highest BCUT2D eigenvalue weighted by atomic mass is 19.1. The minimum absolute atomic E-state index is 0.139. The Balaban J connectivity index is 2.60. The summed E-state index contributed by atoms with van der Waals surface area (Å²) in [7, 11) is 2.98. The van der Waals surface area contributed by atoms with E-state index in [0.29, 0.717) is 5.69 Å². The topological polar surface area (TPSA) is 49.8 Å². The van der Waals surface area contributed by atoms with Crippen molar-refractivity contribution in [1.29, 1.82) is 0 Å². The molecule has 1 aliphatic heterocycles. The number of rotatable bonds is 3. The SMILES string of the molecule is COCC1C(C(=O)O)=C(F)N(C)c2ccccc21. The Kier molecular flexibility index (Phi) is 3.34. The van der Waals surface area contributed by atoms with Crippen molar-refractivity contribution < 1.29 is 19.0 Å². The van der Waals surface area contributed by atoms with Gasteiger partial charge in [-0.25, -0.2) is 4.79 Å². The molecule has 5 heteroatoms. The zero-order valence-corrected chi connectivity index (χ0v) is 10.2. The van der Waals surface area contributed by atoms with Gasteiger partial charge in [-0.05, 0) is 11.6 Å². The van der Waals surface area contributed by atoms with Crippen molar-refractivity contribution in [1.82, 2.24) is 0 Å². The second kappa shape index (κ2) is 4.78. The maximum atomic E-state index is 14.1. The molecular weight excluding hydrogens is 237 g/mol. The van der Waals surface area contributed by atoms with Gasteiger partial charge in [0.15, 0.2) is 0 Å². The molecule has 0 radical (unpaired) electrons. The summed E-state index contributed by atoms with van der Waals surface area (Å²) in [5.74, 6) is -2.57. The van der Waals surface area contributed by atoms with E-state index in [0.717, 1.165) is 5.56 Å². The molecule has 1 aliphatic rings. The van der Waals surface area contributed by atoms with Crippen LogP contribution in [0.2, 0.25) is 0 Å². The van der Waals surface area contributed by atoms with E-state index in [1.807, 2.05) is 0 Å². The number of para-hydroxylation sites is 1. The second-order valence-electron chi connectivity index (χ2n) is 4.14. The van der Waals surface area contributed by atoms with Gasteiger partial charge < -0.3 is 14.7 Å². The lowest BCUT2D eigenvalue weighted by atomic mass is 9.87. The summed E-state index contributed by atoms with van der Waals surface area (Å²) < 4.78 is 19.1. The average Bonchev–Trinajstić information content (AvgIpc) is 2.35. The number of anilines is 1. The van der Waals surface area contributed by atoms with Crippen molar-refractivity contribution in [3.05, 3.63) is 41.4 Å². The third-order valence-corrected chi connectivity index (χ3v) is 3.10. The van der Waals surface area contributed by atoms with Gasteiger partial charge in [-0.2, -0.15) is 4.39 Å². The summed E-state index contributed by atoms with van der Waals surface area (Å²) in [6, 6.07) is 7.15. The number of carbonyl (C=O) groups is 1. The second-order valence-corrected chi connectivity index (χ2v) is 4.14. The largest absolute Gasteiger partial charge is 0.478 e. The summed E-state index contributed by atoms with van der Waals surface area (Å²) in [5.41, 5.74) is 1.18. The number of aliphatic carboxylic acids is 1. The van der Waals surface area contributed by atoms with Crippen molar-refractivity contribution in [2.75, 3.05) is 25.7 Å². The highest BCUT2D eigenvalue weighted by Crippen LogP contribution is 2.40. The van der Waals surface area contributed by atoms with E-state index < -0.39 is 17.8 Å². The first-order chi connectivity index (χ1) is 8.57. The zero-order chi connectivity index (χ0) is 13.3. The lowest BCUT2D eigenvalue weighted by molar-refractivity contribution is -0.133. The minimum atomic E-state index is -1.25. The predicted molar refractivity (Wildman–Crippen MR) is 65.2 cm³/mol. The molecule has 1 aromatic rings. The number of carboxylic acid groups (broad SMARTS) is 1. The lowest BCUT2D eigenvalue weighted by Crippen LogP contribution is -2.30. The van der Waals surface area contributed by atoms with Crippen LogP contribution in [0.4, 0.5) is 10.1 Å². The Labute approximate surface area is 104 Å². The Bertz CT molecular complexity index is 513. The van der Waals surface area contributed by atoms with E-state index in [4.69, 9.17) is 9.84 Å². The van der Waals surface area contributed by atoms with Gasteiger partial charge in [-0.3, -0.25) is 0 Å². The Morgan fingerprint density at radius 3 is 2.78 bits per heavy atom. The number of nitrogens with zero attached hydrogens (tertiary/aromatic N) is 1. The molecular formula is C13H14FNO3. The van der Waals surface area contributed by atoms with Gasteiger partial charge in [0.2, 0.25) is 5.95 Å². The summed E-state index contributed by atoms with van der Waals surface area (Å²) in [6.45, 7) is 0.139. The summed E-state index contributed by atoms with van der Waals surface area (Å²) >= 11 is 0. The molecule has 0 spiro atoms. The van der Waals surface area contributed by atoms with Crippen LogP contribution in [-0.2, 0) is 9.53 Å². The highest BCUT2D eigenvalue weighted by molar-refractivity contribution is 5.92. The molecule has 1 unspecified atom stereocenters. The summed E-state index contributed by atoms with van der Waals surface area (Å²) in [6.07, 6.45) is 0. The van der Waals surface area contributed by atoms with Crippen LogP contribution < -0.4 is 4.90 Å². The average molecular weight is 251 g/mol. The fourth-order valence-corrected chi connectivity index (χ4v) is 2.25. The number of carboxylic acids is 1. The van der Waals surface area contributed by atoms with Crippen molar-refractivity contribution in [2.24, 2.45) is 0 Å². The van der Waals surface area contributed by atoms with Gasteiger partial charge in [0.05, 0.1) is 12.2 Å². The molecule has 0 bridgehead atoms. The fourth-order valence-electron chi connectivity index (χ4n) is 2.25. The van der Waals surface area contributed by atoms with Crippen LogP contribution in [0.5, 0.6) is 0 Å². The third kappa shape index (κ3) is 1.86. The molecule has 96 valence electrons. The van der Waals surface area contributed by atoms with Crippen molar-refractivity contribution in [2.45, 2.75) is 5.92 Å². The zero-order valence-electron chi connectivity index (χ0n) is 10.2. The van der Waals surface area contributed by atoms with E-state index in [9.17, 15) is 9.18 Å². The number of hydrogen-bond donors (Lipinski definition) is 1. The maximum Gasteiger partial charge on any atom is 0.336 e. The van der Waals surface area contributed by atoms with Gasteiger partial charge in [0.25, 0.3) is 0 Å². The van der Waals surface area contributed by atoms with Crippen molar-refractivity contribution in [3.8, 4) is 0 Å². The molecule has 0 saturated carbocycles. The molecule has 4 nitrogen and oxygen atoms in total. The third-order valence-electron chi connectivity index (χ3n) is 3.10. The number of fused-ring (bicyclic) bond motifs is 1. The number of halogens is 1. The fraction of sp³-hybridized carbons (Fsp3) is 0.308. The Morgan fingerprint density at radius 1 is 1.50 bits per heavy atom. The van der Waals surface area contributed by atoms with E-state index in [1.165, 1.54) is 19.1 Å². The maximum absolute atomic E-state index is 14.1. The Morgan fingerprint density at radius 2 is 2.17 bits per heavy atom. The van der Waals surface area contributed by atoms with E-state index >= 15 is 0 Å². The van der Waals surface area contributed by atoms with Gasteiger partial charge >= 0.3 is 5.97 Å². The molecule has 1 heterocycles. The predicted octanol–water partition coefficient (Wildman–Crippen LogP) is 2.13. The van der Waals surface area contributed by atoms with Crippen molar-refractivity contribution in [3.63, 3.8) is 0 Å². The van der Waals surface area contributed by atoms with Crippen LogP contribution >= 0.6 is 0 Å². The molecule has 1 atom stereocenters. The summed E-state index contributed by atoms with van der Waals surface area (Å²) in [4.78, 5) is 12.5. The van der Waals surface area contributed by atoms with Crippen LogP contribution in [0.15, 0.2) is 35.8 Å². The van der Waals surface area contributed by atoms with Gasteiger partial charge in [-0.1, -0.05) is 18.2 Å². The highest BCUT2D eigenvalue weighted by Gasteiger charge is 2.35. The first-order valence-corrected chi connectivity index (χ1v) is 5.52. The quantitative estimate of drug-likeness (QED) is 0.836. The normalized spacial score (nSPS) is 18.8.